The number of hydrogen-bond acceptors (Lipinski definition) is 6. The number of benzene rings is 1. The molecule has 0 N–H and O–H groups in total. The van der Waals surface area contributed by atoms with Crippen LogP contribution in [0.2, 0.25) is 0 Å². The second-order valence-corrected chi connectivity index (χ2v) is 7.64. The van der Waals surface area contributed by atoms with Crippen LogP contribution in [0.15, 0.2) is 36.7 Å². The summed E-state index contributed by atoms with van der Waals surface area (Å²) in [4.78, 5) is 27.6. The van der Waals surface area contributed by atoms with Gasteiger partial charge in [-0.2, -0.15) is 0 Å². The van der Waals surface area contributed by atoms with Gasteiger partial charge in [-0.1, -0.05) is 6.07 Å². The number of aromatic nitrogens is 2. The summed E-state index contributed by atoms with van der Waals surface area (Å²) in [5, 5.41) is 0. The lowest BCUT2D eigenvalue weighted by molar-refractivity contribution is -0.274. The van der Waals surface area contributed by atoms with Gasteiger partial charge in [-0.05, 0) is 37.5 Å². The van der Waals surface area contributed by atoms with E-state index in [1.54, 1.807) is 11.2 Å². The standard InChI is InChI=1S/C21H24F3N5O2/c22-21(23,24)31-17-6-4-5-16(13-17)20(30)29-11-9-28(10-12-29)19-14-18(25-15-26-19)27-7-2-1-3-8-27/h4-6,13-15H,1-3,7-12H2. The van der Waals surface area contributed by atoms with E-state index < -0.39 is 12.1 Å². The predicted octanol–water partition coefficient (Wildman–Crippen LogP) is 3.33. The first-order chi connectivity index (χ1) is 14.9. The number of piperazine rings is 1. The van der Waals surface area contributed by atoms with Crippen LogP contribution in [0, 0.1) is 0 Å². The number of nitrogens with zero attached hydrogens (tertiary/aromatic N) is 5. The molecule has 0 unspecified atom stereocenters. The molecule has 10 heteroatoms. The molecule has 4 rings (SSSR count). The fourth-order valence-corrected chi connectivity index (χ4v) is 3.95. The Kier molecular flexibility index (Phi) is 6.15. The number of carbonyl (C=O) groups is 1. The van der Waals surface area contributed by atoms with Gasteiger partial charge >= 0.3 is 6.36 Å². The van der Waals surface area contributed by atoms with Crippen molar-refractivity contribution in [3.63, 3.8) is 0 Å². The number of halogens is 3. The Bertz CT molecular complexity index is 910. The van der Waals surface area contributed by atoms with E-state index in [2.05, 4.69) is 24.5 Å². The van der Waals surface area contributed by atoms with E-state index in [1.807, 2.05) is 6.07 Å². The van der Waals surface area contributed by atoms with Gasteiger partial charge in [0.25, 0.3) is 5.91 Å². The molecule has 0 aliphatic carbocycles. The lowest BCUT2D eigenvalue weighted by Gasteiger charge is -2.36. The fraction of sp³-hybridized carbons (Fsp3) is 0.476. The molecule has 2 saturated heterocycles. The molecule has 0 radical (unpaired) electrons. The third kappa shape index (κ3) is 5.36. The molecule has 7 nitrogen and oxygen atoms in total. The van der Waals surface area contributed by atoms with E-state index >= 15 is 0 Å². The van der Waals surface area contributed by atoms with Crippen molar-refractivity contribution in [3.8, 4) is 5.75 Å². The summed E-state index contributed by atoms with van der Waals surface area (Å²) < 4.78 is 41.3. The first-order valence-electron chi connectivity index (χ1n) is 10.4. The molecular formula is C21H24F3N5O2. The Morgan fingerprint density at radius 3 is 2.16 bits per heavy atom. The van der Waals surface area contributed by atoms with Crippen molar-refractivity contribution in [2.24, 2.45) is 0 Å². The summed E-state index contributed by atoms with van der Waals surface area (Å²) in [7, 11) is 0. The van der Waals surface area contributed by atoms with E-state index in [9.17, 15) is 18.0 Å². The van der Waals surface area contributed by atoms with Crippen molar-refractivity contribution in [2.75, 3.05) is 49.1 Å². The summed E-state index contributed by atoms with van der Waals surface area (Å²) in [5.41, 5.74) is 0.171. The maximum atomic E-state index is 12.8. The van der Waals surface area contributed by atoms with Gasteiger partial charge in [0.1, 0.15) is 23.7 Å². The monoisotopic (exact) mass is 435 g/mol. The van der Waals surface area contributed by atoms with E-state index in [0.29, 0.717) is 26.2 Å². The molecule has 0 saturated carbocycles. The summed E-state index contributed by atoms with van der Waals surface area (Å²) in [6.07, 6.45) is 0.348. The molecule has 2 aromatic rings. The zero-order valence-electron chi connectivity index (χ0n) is 17.0. The molecule has 3 heterocycles. The number of hydrogen-bond donors (Lipinski definition) is 0. The lowest BCUT2D eigenvalue weighted by Crippen LogP contribution is -2.49. The highest BCUT2D eigenvalue weighted by Gasteiger charge is 2.31. The lowest BCUT2D eigenvalue weighted by atomic mass is 10.1. The molecule has 0 atom stereocenters. The number of carbonyl (C=O) groups excluding carboxylic acids is 1. The van der Waals surface area contributed by atoms with Crippen LogP contribution in [-0.2, 0) is 0 Å². The number of piperidine rings is 1. The number of rotatable bonds is 4. The Balaban J connectivity index is 1.38. The van der Waals surface area contributed by atoms with Gasteiger partial charge in [-0.25, -0.2) is 9.97 Å². The zero-order valence-corrected chi connectivity index (χ0v) is 17.0. The summed E-state index contributed by atoms with van der Waals surface area (Å²) in [6, 6.07) is 7.16. The largest absolute Gasteiger partial charge is 0.573 e. The summed E-state index contributed by atoms with van der Waals surface area (Å²) in [5.74, 6) is 1.03. The van der Waals surface area contributed by atoms with Gasteiger partial charge in [0.2, 0.25) is 0 Å². The Labute approximate surface area is 178 Å². The van der Waals surface area contributed by atoms with Crippen LogP contribution < -0.4 is 14.5 Å². The first kappa shape index (κ1) is 21.2. The number of alkyl halides is 3. The van der Waals surface area contributed by atoms with Crippen LogP contribution in [0.4, 0.5) is 24.8 Å². The van der Waals surface area contributed by atoms with Crippen LogP contribution in [0.25, 0.3) is 0 Å². The van der Waals surface area contributed by atoms with E-state index in [1.165, 1.54) is 24.6 Å². The van der Waals surface area contributed by atoms with Crippen LogP contribution >= 0.6 is 0 Å². The maximum absolute atomic E-state index is 12.8. The van der Waals surface area contributed by atoms with Crippen molar-refractivity contribution in [3.05, 3.63) is 42.2 Å². The molecule has 0 bridgehead atoms. The minimum atomic E-state index is -4.79. The molecule has 1 aromatic heterocycles. The molecular weight excluding hydrogens is 411 g/mol. The van der Waals surface area contributed by atoms with E-state index in [-0.39, 0.29) is 11.5 Å². The van der Waals surface area contributed by atoms with Gasteiger partial charge in [-0.3, -0.25) is 4.79 Å². The SMILES string of the molecule is O=C(c1cccc(OC(F)(F)F)c1)N1CCN(c2cc(N3CCCCC3)ncn2)CC1. The minimum Gasteiger partial charge on any atom is -0.406 e. The number of amides is 1. The van der Waals surface area contributed by atoms with Crippen molar-refractivity contribution < 1.29 is 22.7 Å². The summed E-state index contributed by atoms with van der Waals surface area (Å²) >= 11 is 0. The van der Waals surface area contributed by atoms with Gasteiger partial charge in [0, 0.05) is 50.9 Å². The molecule has 166 valence electrons. The Morgan fingerprint density at radius 1 is 0.871 bits per heavy atom. The molecule has 2 fully saturated rings. The molecule has 2 aliphatic heterocycles. The number of ether oxygens (including phenoxy) is 1. The van der Waals surface area contributed by atoms with E-state index in [0.717, 1.165) is 43.6 Å². The van der Waals surface area contributed by atoms with Crippen molar-refractivity contribution in [1.82, 2.24) is 14.9 Å². The van der Waals surface area contributed by atoms with Gasteiger partial charge in [-0.15, -0.1) is 13.2 Å². The predicted molar refractivity (Wildman–Crippen MR) is 109 cm³/mol. The molecule has 31 heavy (non-hydrogen) atoms. The average Bonchev–Trinajstić information content (AvgIpc) is 2.78. The third-order valence-corrected chi connectivity index (χ3v) is 5.52. The first-order valence-corrected chi connectivity index (χ1v) is 10.4. The highest BCUT2D eigenvalue weighted by Crippen LogP contribution is 2.25. The Morgan fingerprint density at radius 2 is 1.52 bits per heavy atom. The third-order valence-electron chi connectivity index (χ3n) is 5.52. The van der Waals surface area contributed by atoms with Crippen LogP contribution in [0.1, 0.15) is 29.6 Å². The zero-order chi connectivity index (χ0) is 21.8. The maximum Gasteiger partial charge on any atom is 0.573 e. The summed E-state index contributed by atoms with van der Waals surface area (Å²) in [6.45, 7) is 4.06. The highest BCUT2D eigenvalue weighted by atomic mass is 19.4. The molecule has 0 spiro atoms. The molecule has 1 aromatic carbocycles. The fourth-order valence-electron chi connectivity index (χ4n) is 3.95. The van der Waals surface area contributed by atoms with Crippen LogP contribution in [0.3, 0.4) is 0 Å². The number of anilines is 2. The van der Waals surface area contributed by atoms with Crippen molar-refractivity contribution in [2.45, 2.75) is 25.6 Å². The van der Waals surface area contributed by atoms with Gasteiger partial charge < -0.3 is 19.4 Å². The normalized spacial score (nSPS) is 17.6. The van der Waals surface area contributed by atoms with Crippen LogP contribution in [-0.4, -0.2) is 66.4 Å². The Hall–Kier alpha value is -3.04. The molecule has 1 amide bonds. The van der Waals surface area contributed by atoms with Gasteiger partial charge in [0.15, 0.2) is 0 Å². The second-order valence-electron chi connectivity index (χ2n) is 7.64. The molecule has 2 aliphatic rings. The quantitative estimate of drug-likeness (QED) is 0.734. The smallest absolute Gasteiger partial charge is 0.406 e. The minimum absolute atomic E-state index is 0.171. The van der Waals surface area contributed by atoms with Crippen molar-refractivity contribution in [1.29, 1.82) is 0 Å². The highest BCUT2D eigenvalue weighted by molar-refractivity contribution is 5.94. The van der Waals surface area contributed by atoms with Gasteiger partial charge in [0.05, 0.1) is 0 Å². The van der Waals surface area contributed by atoms with Crippen molar-refractivity contribution >= 4 is 17.5 Å². The average molecular weight is 435 g/mol. The van der Waals surface area contributed by atoms with Crippen LogP contribution in [0.5, 0.6) is 5.75 Å². The second kappa shape index (κ2) is 8.99. The van der Waals surface area contributed by atoms with E-state index in [4.69, 9.17) is 0 Å². The topological polar surface area (TPSA) is 61.8 Å².